The van der Waals surface area contributed by atoms with E-state index in [1.165, 1.54) is 7.11 Å². The van der Waals surface area contributed by atoms with Crippen LogP contribution in [0.4, 0.5) is 0 Å². The number of ether oxygens (including phenoxy) is 1. The third-order valence-corrected chi connectivity index (χ3v) is 4.04. The lowest BCUT2D eigenvalue weighted by Crippen LogP contribution is -2.32. The fourth-order valence-electron chi connectivity index (χ4n) is 2.71. The average molecular weight is 317 g/mol. The number of rotatable bonds is 4. The van der Waals surface area contributed by atoms with E-state index in [1.807, 2.05) is 11.1 Å². The normalized spacial score (nSPS) is 16.4. The first-order valence-electron chi connectivity index (χ1n) is 7.52. The van der Waals surface area contributed by atoms with Crippen LogP contribution >= 0.6 is 0 Å². The molecule has 1 saturated heterocycles. The minimum Gasteiger partial charge on any atom is -0.465 e. The van der Waals surface area contributed by atoms with Gasteiger partial charge >= 0.3 is 5.97 Å². The second kappa shape index (κ2) is 6.89. The molecule has 0 unspecified atom stereocenters. The van der Waals surface area contributed by atoms with Crippen molar-refractivity contribution >= 4 is 5.97 Å². The second-order valence-corrected chi connectivity index (χ2v) is 5.41. The summed E-state index contributed by atoms with van der Waals surface area (Å²) < 4.78 is 10.1. The number of carbonyl (C=O) groups excluding carboxylic acids is 1. The summed E-state index contributed by atoms with van der Waals surface area (Å²) in [5, 5.41) is 5.97. The second-order valence-electron chi connectivity index (χ2n) is 5.41. The maximum atomic E-state index is 11.6. The van der Waals surface area contributed by atoms with Crippen molar-refractivity contribution in [3.05, 3.63) is 35.7 Å². The van der Waals surface area contributed by atoms with Crippen LogP contribution in [0.2, 0.25) is 0 Å². The fourth-order valence-corrected chi connectivity index (χ4v) is 2.71. The molecule has 122 valence electrons. The van der Waals surface area contributed by atoms with E-state index in [1.54, 1.807) is 25.3 Å². The molecule has 0 aliphatic carbocycles. The summed E-state index contributed by atoms with van der Waals surface area (Å²) in [4.78, 5) is 21.3. The zero-order chi connectivity index (χ0) is 16.2. The Morgan fingerprint density at radius 3 is 2.78 bits per heavy atom. The largest absolute Gasteiger partial charge is 0.465 e. The molecule has 1 aliphatic heterocycles. The SMILES string of the molecule is COC(=O)c1cccc(-c2noc(C3CCN(OC)CC3)n2)c1. The molecule has 1 aromatic heterocycles. The Morgan fingerprint density at radius 2 is 2.09 bits per heavy atom. The Labute approximate surface area is 134 Å². The smallest absolute Gasteiger partial charge is 0.337 e. The number of esters is 1. The van der Waals surface area contributed by atoms with Crippen LogP contribution in [0.5, 0.6) is 0 Å². The number of methoxy groups -OCH3 is 1. The Balaban J connectivity index is 1.76. The van der Waals surface area contributed by atoms with Crippen LogP contribution in [0.25, 0.3) is 11.4 Å². The molecule has 0 amide bonds. The van der Waals surface area contributed by atoms with Crippen molar-refractivity contribution in [3.63, 3.8) is 0 Å². The molecule has 0 spiro atoms. The van der Waals surface area contributed by atoms with Crippen LogP contribution in [-0.2, 0) is 9.57 Å². The van der Waals surface area contributed by atoms with Gasteiger partial charge in [-0.3, -0.25) is 0 Å². The summed E-state index contributed by atoms with van der Waals surface area (Å²) in [6, 6.07) is 7.01. The fraction of sp³-hybridized carbons (Fsp3) is 0.438. The molecule has 7 heteroatoms. The van der Waals surface area contributed by atoms with Crippen molar-refractivity contribution in [1.82, 2.24) is 15.2 Å². The minimum atomic E-state index is -0.387. The van der Waals surface area contributed by atoms with E-state index in [4.69, 9.17) is 14.1 Å². The van der Waals surface area contributed by atoms with Crippen molar-refractivity contribution in [3.8, 4) is 11.4 Å². The molecule has 0 radical (unpaired) electrons. The maximum Gasteiger partial charge on any atom is 0.337 e. The highest BCUT2D eigenvalue weighted by Gasteiger charge is 2.25. The lowest BCUT2D eigenvalue weighted by Gasteiger charge is -2.27. The first kappa shape index (κ1) is 15.6. The highest BCUT2D eigenvalue weighted by molar-refractivity contribution is 5.90. The summed E-state index contributed by atoms with van der Waals surface area (Å²) in [5.74, 6) is 0.980. The summed E-state index contributed by atoms with van der Waals surface area (Å²) >= 11 is 0. The first-order valence-corrected chi connectivity index (χ1v) is 7.52. The van der Waals surface area contributed by atoms with E-state index in [0.717, 1.165) is 31.5 Å². The van der Waals surface area contributed by atoms with Crippen molar-refractivity contribution in [2.75, 3.05) is 27.3 Å². The molecular formula is C16H19N3O4. The Hall–Kier alpha value is -2.25. The number of benzene rings is 1. The summed E-state index contributed by atoms with van der Waals surface area (Å²) in [6.07, 6.45) is 1.83. The van der Waals surface area contributed by atoms with Gasteiger partial charge in [-0.05, 0) is 25.0 Å². The molecule has 0 bridgehead atoms. The van der Waals surface area contributed by atoms with Gasteiger partial charge in [0, 0.05) is 24.6 Å². The predicted molar refractivity (Wildman–Crippen MR) is 81.6 cm³/mol. The monoisotopic (exact) mass is 317 g/mol. The van der Waals surface area contributed by atoms with Gasteiger partial charge in [0.2, 0.25) is 11.7 Å². The molecule has 7 nitrogen and oxygen atoms in total. The Bertz CT molecular complexity index is 677. The van der Waals surface area contributed by atoms with Gasteiger partial charge in [-0.2, -0.15) is 10.0 Å². The van der Waals surface area contributed by atoms with Crippen molar-refractivity contribution in [2.45, 2.75) is 18.8 Å². The van der Waals surface area contributed by atoms with Crippen molar-refractivity contribution < 1.29 is 18.9 Å². The number of hydrogen-bond acceptors (Lipinski definition) is 7. The molecule has 1 aliphatic rings. The van der Waals surface area contributed by atoms with E-state index in [0.29, 0.717) is 17.3 Å². The van der Waals surface area contributed by atoms with Gasteiger partial charge in [-0.15, -0.1) is 0 Å². The van der Waals surface area contributed by atoms with E-state index < -0.39 is 0 Å². The van der Waals surface area contributed by atoms with Gasteiger partial charge < -0.3 is 14.1 Å². The van der Waals surface area contributed by atoms with Gasteiger partial charge in [0.1, 0.15) is 0 Å². The van der Waals surface area contributed by atoms with Crippen LogP contribution in [0.1, 0.15) is 35.0 Å². The van der Waals surface area contributed by atoms with Gasteiger partial charge in [0.05, 0.1) is 19.8 Å². The minimum absolute atomic E-state index is 0.242. The van der Waals surface area contributed by atoms with Crippen molar-refractivity contribution in [1.29, 1.82) is 0 Å². The number of carbonyl (C=O) groups is 1. The van der Waals surface area contributed by atoms with Gasteiger partial charge in [-0.25, -0.2) is 4.79 Å². The molecule has 2 aromatic rings. The number of hydroxylamine groups is 2. The van der Waals surface area contributed by atoms with E-state index in [2.05, 4.69) is 10.1 Å². The van der Waals surface area contributed by atoms with Gasteiger partial charge in [-0.1, -0.05) is 17.3 Å². The molecule has 0 saturated carbocycles. The number of nitrogens with zero attached hydrogens (tertiary/aromatic N) is 3. The third kappa shape index (κ3) is 3.40. The van der Waals surface area contributed by atoms with Crippen LogP contribution < -0.4 is 0 Å². The number of aromatic nitrogens is 2. The van der Waals surface area contributed by atoms with Crippen LogP contribution in [0.15, 0.2) is 28.8 Å². The zero-order valence-corrected chi connectivity index (χ0v) is 13.2. The lowest BCUT2D eigenvalue weighted by molar-refractivity contribution is -0.144. The molecule has 1 aromatic carbocycles. The van der Waals surface area contributed by atoms with E-state index >= 15 is 0 Å². The highest BCUT2D eigenvalue weighted by Crippen LogP contribution is 2.28. The Kier molecular flexibility index (Phi) is 4.68. The molecule has 0 atom stereocenters. The van der Waals surface area contributed by atoms with Crippen LogP contribution in [0, 0.1) is 0 Å². The zero-order valence-electron chi connectivity index (χ0n) is 13.2. The molecule has 3 rings (SSSR count). The Morgan fingerprint density at radius 1 is 1.30 bits per heavy atom. The maximum absolute atomic E-state index is 11.6. The molecule has 2 heterocycles. The highest BCUT2D eigenvalue weighted by atomic mass is 16.7. The molecular weight excluding hydrogens is 298 g/mol. The third-order valence-electron chi connectivity index (χ3n) is 4.04. The van der Waals surface area contributed by atoms with Crippen LogP contribution in [-0.4, -0.2) is 48.5 Å². The molecule has 23 heavy (non-hydrogen) atoms. The number of hydrogen-bond donors (Lipinski definition) is 0. The molecule has 0 N–H and O–H groups in total. The van der Waals surface area contributed by atoms with E-state index in [9.17, 15) is 4.79 Å². The van der Waals surface area contributed by atoms with Gasteiger partial charge in [0.25, 0.3) is 0 Å². The predicted octanol–water partition coefficient (Wildman–Crippen LogP) is 2.26. The summed E-state index contributed by atoms with van der Waals surface area (Å²) in [6.45, 7) is 1.69. The average Bonchev–Trinajstić information content (AvgIpc) is 3.11. The topological polar surface area (TPSA) is 77.7 Å². The lowest BCUT2D eigenvalue weighted by atomic mass is 9.98. The van der Waals surface area contributed by atoms with Crippen molar-refractivity contribution in [2.24, 2.45) is 0 Å². The summed E-state index contributed by atoms with van der Waals surface area (Å²) in [5.41, 5.74) is 1.20. The standard InChI is InChI=1S/C16H19N3O4/c1-21-16(20)13-5-3-4-12(10-13)14-17-15(23-18-14)11-6-8-19(22-2)9-7-11/h3-5,10-11H,6-9H2,1-2H3. The summed E-state index contributed by atoms with van der Waals surface area (Å²) in [7, 11) is 3.03. The van der Waals surface area contributed by atoms with E-state index in [-0.39, 0.29) is 11.9 Å². The molecule has 1 fully saturated rings. The first-order chi connectivity index (χ1) is 11.2. The van der Waals surface area contributed by atoms with Crippen LogP contribution in [0.3, 0.4) is 0 Å². The van der Waals surface area contributed by atoms with Gasteiger partial charge in [0.15, 0.2) is 0 Å². The quantitative estimate of drug-likeness (QED) is 0.800. The number of piperidine rings is 1.